The minimum Gasteiger partial charge on any atom is -0.303 e. The predicted molar refractivity (Wildman–Crippen MR) is 82.9 cm³/mol. The molecule has 10 heteroatoms. The summed E-state index contributed by atoms with van der Waals surface area (Å²) in [6.45, 7) is 0. The summed E-state index contributed by atoms with van der Waals surface area (Å²) in [5.41, 5.74) is 1.62. The van der Waals surface area contributed by atoms with Crippen molar-refractivity contribution in [2.75, 3.05) is 0 Å². The Morgan fingerprint density at radius 1 is 1.35 bits per heavy atom. The highest BCUT2D eigenvalue weighted by Gasteiger charge is 2.09. The van der Waals surface area contributed by atoms with Crippen LogP contribution < -0.4 is 16.7 Å². The molecule has 116 valence electrons. The third kappa shape index (κ3) is 3.04. The van der Waals surface area contributed by atoms with Crippen LogP contribution in [0.15, 0.2) is 45.2 Å². The maximum Gasteiger partial charge on any atom is 0.326 e. The highest BCUT2D eigenvalue weighted by molar-refractivity contribution is 6.32. The SMILES string of the molecule is O=C(NN=Cc1c(Cl)nc2ccccn12)c1cc(=O)[nH]c(=O)[nH]1. The van der Waals surface area contributed by atoms with E-state index in [9.17, 15) is 14.4 Å². The van der Waals surface area contributed by atoms with Gasteiger partial charge in [-0.3, -0.25) is 19.0 Å². The van der Waals surface area contributed by atoms with Crippen LogP contribution in [0.3, 0.4) is 0 Å². The smallest absolute Gasteiger partial charge is 0.303 e. The number of imidazole rings is 1. The van der Waals surface area contributed by atoms with Gasteiger partial charge in [0.15, 0.2) is 5.15 Å². The van der Waals surface area contributed by atoms with Crippen LogP contribution in [-0.4, -0.2) is 31.5 Å². The average molecular weight is 333 g/mol. The largest absolute Gasteiger partial charge is 0.326 e. The number of fused-ring (bicyclic) bond motifs is 1. The second-order valence-electron chi connectivity index (χ2n) is 4.42. The minimum atomic E-state index is -0.781. The molecule has 0 fully saturated rings. The van der Waals surface area contributed by atoms with Gasteiger partial charge in [0.05, 0.1) is 6.21 Å². The van der Waals surface area contributed by atoms with Gasteiger partial charge in [0, 0.05) is 12.3 Å². The Labute approximate surface area is 132 Å². The lowest BCUT2D eigenvalue weighted by molar-refractivity contribution is 0.0949. The fourth-order valence-electron chi connectivity index (χ4n) is 1.90. The van der Waals surface area contributed by atoms with Gasteiger partial charge in [0.1, 0.15) is 17.0 Å². The summed E-state index contributed by atoms with van der Waals surface area (Å²) >= 11 is 6.01. The van der Waals surface area contributed by atoms with E-state index in [1.54, 1.807) is 22.7 Å². The number of aromatic nitrogens is 4. The van der Waals surface area contributed by atoms with E-state index in [0.717, 1.165) is 6.07 Å². The Bertz CT molecular complexity index is 1000. The molecule has 0 bridgehead atoms. The number of hydrogen-bond donors (Lipinski definition) is 3. The first-order valence-corrected chi connectivity index (χ1v) is 6.72. The molecule has 9 nitrogen and oxygen atoms in total. The molecule has 0 saturated carbocycles. The van der Waals surface area contributed by atoms with Crippen molar-refractivity contribution in [3.63, 3.8) is 0 Å². The summed E-state index contributed by atoms with van der Waals surface area (Å²) in [5, 5.41) is 3.98. The Morgan fingerprint density at radius 2 is 2.17 bits per heavy atom. The molecule has 3 N–H and O–H groups in total. The lowest BCUT2D eigenvalue weighted by Crippen LogP contribution is -2.28. The fraction of sp³-hybridized carbons (Fsp3) is 0. The number of carbonyl (C=O) groups is 1. The first-order valence-electron chi connectivity index (χ1n) is 6.34. The summed E-state index contributed by atoms with van der Waals surface area (Å²) in [6, 6.07) is 6.32. The van der Waals surface area contributed by atoms with Crippen LogP contribution in [0, 0.1) is 0 Å². The van der Waals surface area contributed by atoms with Gasteiger partial charge < -0.3 is 4.98 Å². The van der Waals surface area contributed by atoms with Crippen LogP contribution in [0.1, 0.15) is 16.2 Å². The number of hydrazone groups is 1. The molecule has 0 atom stereocenters. The second-order valence-corrected chi connectivity index (χ2v) is 4.78. The van der Waals surface area contributed by atoms with E-state index in [-0.39, 0.29) is 10.8 Å². The predicted octanol–water partition coefficient (Wildman–Crippen LogP) is 0.128. The van der Waals surface area contributed by atoms with Gasteiger partial charge in [-0.25, -0.2) is 15.2 Å². The van der Waals surface area contributed by atoms with Crippen molar-refractivity contribution in [3.05, 3.63) is 67.8 Å². The van der Waals surface area contributed by atoms with Crippen molar-refractivity contribution >= 4 is 29.4 Å². The molecule has 0 aliphatic heterocycles. The molecule has 23 heavy (non-hydrogen) atoms. The van der Waals surface area contributed by atoms with E-state index in [1.807, 2.05) is 11.1 Å². The molecule has 0 aliphatic rings. The van der Waals surface area contributed by atoms with E-state index in [0.29, 0.717) is 11.3 Å². The van der Waals surface area contributed by atoms with Crippen LogP contribution >= 0.6 is 11.6 Å². The van der Waals surface area contributed by atoms with Crippen molar-refractivity contribution < 1.29 is 4.79 Å². The molecule has 0 spiro atoms. The van der Waals surface area contributed by atoms with E-state index < -0.39 is 17.2 Å². The first-order chi connectivity index (χ1) is 11.0. The van der Waals surface area contributed by atoms with Crippen LogP contribution in [0.4, 0.5) is 0 Å². The maximum absolute atomic E-state index is 11.8. The average Bonchev–Trinajstić information content (AvgIpc) is 2.82. The third-order valence-corrected chi connectivity index (χ3v) is 3.16. The molecule has 3 aromatic rings. The Hall–Kier alpha value is -3.20. The van der Waals surface area contributed by atoms with Gasteiger partial charge in [0.25, 0.3) is 11.5 Å². The molecule has 3 rings (SSSR count). The van der Waals surface area contributed by atoms with Crippen LogP contribution in [0.2, 0.25) is 5.15 Å². The molecule has 0 saturated heterocycles. The highest BCUT2D eigenvalue weighted by atomic mass is 35.5. The molecule has 0 aromatic carbocycles. The van der Waals surface area contributed by atoms with Crippen LogP contribution in [0.25, 0.3) is 5.65 Å². The number of halogens is 1. The zero-order valence-electron chi connectivity index (χ0n) is 11.4. The summed E-state index contributed by atoms with van der Waals surface area (Å²) in [6.07, 6.45) is 3.05. The maximum atomic E-state index is 11.8. The van der Waals surface area contributed by atoms with Crippen LogP contribution in [-0.2, 0) is 0 Å². The molecule has 1 amide bonds. The number of aromatic amines is 2. The minimum absolute atomic E-state index is 0.208. The molecule has 3 heterocycles. The summed E-state index contributed by atoms with van der Waals surface area (Å²) in [7, 11) is 0. The van der Waals surface area contributed by atoms with Gasteiger partial charge in [-0.15, -0.1) is 0 Å². The molecule has 0 unspecified atom stereocenters. The first kappa shape index (κ1) is 14.7. The number of nitrogens with one attached hydrogen (secondary N) is 3. The summed E-state index contributed by atoms with van der Waals surface area (Å²) in [5.74, 6) is -0.741. The molecule has 0 radical (unpaired) electrons. The number of pyridine rings is 1. The van der Waals surface area contributed by atoms with Crippen LogP contribution in [0.5, 0.6) is 0 Å². The third-order valence-electron chi connectivity index (χ3n) is 2.88. The zero-order valence-corrected chi connectivity index (χ0v) is 12.2. The fourth-order valence-corrected chi connectivity index (χ4v) is 2.13. The Balaban J connectivity index is 1.83. The number of amides is 1. The second kappa shape index (κ2) is 5.89. The summed E-state index contributed by atoms with van der Waals surface area (Å²) < 4.78 is 1.69. The number of nitrogens with zero attached hydrogens (tertiary/aromatic N) is 3. The van der Waals surface area contributed by atoms with Crippen molar-refractivity contribution in [2.24, 2.45) is 5.10 Å². The lowest BCUT2D eigenvalue weighted by Gasteiger charge is -1.99. The van der Waals surface area contributed by atoms with E-state index >= 15 is 0 Å². The standard InChI is InChI=1S/C13H9ClN6O3/c14-11-8(20-4-2-1-3-9(20)17-11)6-15-19-12(22)7-5-10(21)18-13(23)16-7/h1-6H,(H,19,22)(H2,16,18,21,23). The zero-order chi connectivity index (χ0) is 16.4. The van der Waals surface area contributed by atoms with E-state index in [2.05, 4.69) is 20.5 Å². The summed E-state index contributed by atoms with van der Waals surface area (Å²) in [4.78, 5) is 42.3. The van der Waals surface area contributed by atoms with Crippen molar-refractivity contribution in [3.8, 4) is 0 Å². The van der Waals surface area contributed by atoms with Crippen molar-refractivity contribution in [2.45, 2.75) is 0 Å². The van der Waals surface area contributed by atoms with Gasteiger partial charge in [-0.2, -0.15) is 5.10 Å². The number of rotatable bonds is 3. The van der Waals surface area contributed by atoms with Gasteiger partial charge in [-0.1, -0.05) is 17.7 Å². The van der Waals surface area contributed by atoms with E-state index in [1.165, 1.54) is 6.21 Å². The van der Waals surface area contributed by atoms with Gasteiger partial charge in [0.2, 0.25) is 0 Å². The van der Waals surface area contributed by atoms with Gasteiger partial charge in [-0.05, 0) is 12.1 Å². The topological polar surface area (TPSA) is 124 Å². The number of hydrogen-bond acceptors (Lipinski definition) is 5. The monoisotopic (exact) mass is 332 g/mol. The lowest BCUT2D eigenvalue weighted by atomic mass is 10.4. The molecule has 3 aromatic heterocycles. The Kier molecular flexibility index (Phi) is 3.77. The van der Waals surface area contributed by atoms with Crippen molar-refractivity contribution in [1.82, 2.24) is 24.8 Å². The van der Waals surface area contributed by atoms with Crippen molar-refractivity contribution in [1.29, 1.82) is 0 Å². The number of H-pyrrole nitrogens is 2. The normalized spacial score (nSPS) is 11.2. The molecular weight excluding hydrogens is 324 g/mol. The highest BCUT2D eigenvalue weighted by Crippen LogP contribution is 2.15. The quantitative estimate of drug-likeness (QED) is 0.465. The molecule has 0 aliphatic carbocycles. The molecular formula is C13H9ClN6O3. The van der Waals surface area contributed by atoms with Gasteiger partial charge >= 0.3 is 5.69 Å². The Morgan fingerprint density at radius 3 is 2.96 bits per heavy atom. The number of carbonyl (C=O) groups excluding carboxylic acids is 1. The van der Waals surface area contributed by atoms with E-state index in [4.69, 9.17) is 11.6 Å².